The number of carbonyl (C=O) groups is 1. The van der Waals surface area contributed by atoms with Crippen molar-refractivity contribution in [2.45, 2.75) is 31.7 Å². The molecule has 1 heterocycles. The number of carbonyl (C=O) groups excluding carboxylic acids is 1. The SMILES string of the molecule is CNCC1CCCN1C(=O)CCc1ccc(OC)cc1. The van der Waals surface area contributed by atoms with Crippen molar-refractivity contribution in [3.63, 3.8) is 0 Å². The zero-order valence-electron chi connectivity index (χ0n) is 12.4. The lowest BCUT2D eigenvalue weighted by molar-refractivity contribution is -0.131. The van der Waals surface area contributed by atoms with E-state index in [1.165, 1.54) is 5.56 Å². The van der Waals surface area contributed by atoms with Crippen LogP contribution in [0.5, 0.6) is 5.75 Å². The number of nitrogens with zero attached hydrogens (tertiary/aromatic N) is 1. The minimum atomic E-state index is 0.276. The summed E-state index contributed by atoms with van der Waals surface area (Å²) in [6.45, 7) is 1.81. The fourth-order valence-electron chi connectivity index (χ4n) is 2.80. The number of likely N-dealkylation sites (tertiary alicyclic amines) is 1. The summed E-state index contributed by atoms with van der Waals surface area (Å²) in [5, 5.41) is 3.17. The lowest BCUT2D eigenvalue weighted by Gasteiger charge is -2.24. The van der Waals surface area contributed by atoms with Gasteiger partial charge in [-0.2, -0.15) is 0 Å². The predicted molar refractivity (Wildman–Crippen MR) is 80.0 cm³/mol. The first-order valence-electron chi connectivity index (χ1n) is 7.31. The molecule has 2 rings (SSSR count). The number of likely N-dealkylation sites (N-methyl/N-ethyl adjacent to an activating group) is 1. The largest absolute Gasteiger partial charge is 0.497 e. The average Bonchev–Trinajstić information content (AvgIpc) is 2.94. The summed E-state index contributed by atoms with van der Waals surface area (Å²) in [4.78, 5) is 14.3. The van der Waals surface area contributed by atoms with Gasteiger partial charge in [0.05, 0.1) is 7.11 Å². The van der Waals surface area contributed by atoms with Gasteiger partial charge in [0.2, 0.25) is 5.91 Å². The van der Waals surface area contributed by atoms with Crippen molar-refractivity contribution in [3.05, 3.63) is 29.8 Å². The Hall–Kier alpha value is -1.55. The predicted octanol–water partition coefficient (Wildman–Crippen LogP) is 1.84. The van der Waals surface area contributed by atoms with Gasteiger partial charge < -0.3 is 15.0 Å². The van der Waals surface area contributed by atoms with Crippen LogP contribution in [0.15, 0.2) is 24.3 Å². The lowest BCUT2D eigenvalue weighted by Crippen LogP contribution is -2.40. The topological polar surface area (TPSA) is 41.6 Å². The zero-order valence-corrected chi connectivity index (χ0v) is 12.4. The highest BCUT2D eigenvalue weighted by atomic mass is 16.5. The number of rotatable bonds is 6. The van der Waals surface area contributed by atoms with Gasteiger partial charge in [-0.15, -0.1) is 0 Å². The molecule has 1 N–H and O–H groups in total. The molecule has 1 aliphatic heterocycles. The number of hydrogen-bond donors (Lipinski definition) is 1. The van der Waals surface area contributed by atoms with Gasteiger partial charge in [0.1, 0.15) is 5.75 Å². The molecule has 1 atom stereocenters. The van der Waals surface area contributed by atoms with Crippen molar-refractivity contribution in [3.8, 4) is 5.75 Å². The molecule has 1 amide bonds. The summed E-state index contributed by atoms with van der Waals surface area (Å²) in [5.74, 6) is 1.13. The highest BCUT2D eigenvalue weighted by Crippen LogP contribution is 2.19. The number of nitrogens with one attached hydrogen (secondary N) is 1. The van der Waals surface area contributed by atoms with E-state index in [2.05, 4.69) is 5.32 Å². The van der Waals surface area contributed by atoms with Crippen molar-refractivity contribution in [1.82, 2.24) is 10.2 Å². The van der Waals surface area contributed by atoms with E-state index in [1.54, 1.807) is 7.11 Å². The van der Waals surface area contributed by atoms with Crippen molar-refractivity contribution in [1.29, 1.82) is 0 Å². The van der Waals surface area contributed by atoms with E-state index < -0.39 is 0 Å². The fourth-order valence-corrected chi connectivity index (χ4v) is 2.80. The molecule has 0 bridgehead atoms. The molecule has 4 heteroatoms. The Balaban J connectivity index is 1.84. The van der Waals surface area contributed by atoms with Gasteiger partial charge >= 0.3 is 0 Å². The molecule has 1 aromatic rings. The van der Waals surface area contributed by atoms with Crippen LogP contribution in [0.1, 0.15) is 24.8 Å². The second-order valence-corrected chi connectivity index (χ2v) is 5.29. The Bertz CT molecular complexity index is 431. The minimum Gasteiger partial charge on any atom is -0.497 e. The Morgan fingerprint density at radius 1 is 1.40 bits per heavy atom. The van der Waals surface area contributed by atoms with E-state index in [9.17, 15) is 4.79 Å². The third-order valence-corrected chi connectivity index (χ3v) is 3.92. The van der Waals surface area contributed by atoms with Crippen LogP contribution in [-0.2, 0) is 11.2 Å². The number of aryl methyl sites for hydroxylation is 1. The molecule has 1 fully saturated rings. The highest BCUT2D eigenvalue weighted by molar-refractivity contribution is 5.77. The van der Waals surface area contributed by atoms with Crippen molar-refractivity contribution in [2.24, 2.45) is 0 Å². The fraction of sp³-hybridized carbons (Fsp3) is 0.562. The third kappa shape index (κ3) is 3.73. The van der Waals surface area contributed by atoms with E-state index in [-0.39, 0.29) is 5.91 Å². The van der Waals surface area contributed by atoms with Crippen molar-refractivity contribution in [2.75, 3.05) is 27.2 Å². The maximum Gasteiger partial charge on any atom is 0.223 e. The van der Waals surface area contributed by atoms with Crippen LogP contribution < -0.4 is 10.1 Å². The Morgan fingerprint density at radius 2 is 2.15 bits per heavy atom. The number of hydrogen-bond acceptors (Lipinski definition) is 3. The van der Waals surface area contributed by atoms with Crippen LogP contribution in [0.4, 0.5) is 0 Å². The van der Waals surface area contributed by atoms with Gasteiger partial charge in [0.15, 0.2) is 0 Å². The second kappa shape index (κ2) is 7.29. The first-order valence-corrected chi connectivity index (χ1v) is 7.31. The molecule has 20 heavy (non-hydrogen) atoms. The smallest absolute Gasteiger partial charge is 0.223 e. The normalized spacial score (nSPS) is 18.3. The van der Waals surface area contributed by atoms with E-state index in [4.69, 9.17) is 4.74 Å². The highest BCUT2D eigenvalue weighted by Gasteiger charge is 2.27. The molecule has 0 saturated carbocycles. The van der Waals surface area contributed by atoms with E-state index >= 15 is 0 Å². The van der Waals surface area contributed by atoms with Crippen molar-refractivity contribution >= 4 is 5.91 Å². The summed E-state index contributed by atoms with van der Waals surface area (Å²) in [7, 11) is 3.60. The molecule has 110 valence electrons. The summed E-state index contributed by atoms with van der Waals surface area (Å²) >= 11 is 0. The molecule has 0 aliphatic carbocycles. The molecule has 1 saturated heterocycles. The first kappa shape index (κ1) is 14.9. The first-order chi connectivity index (χ1) is 9.74. The summed E-state index contributed by atoms with van der Waals surface area (Å²) in [6.07, 6.45) is 3.63. The van der Waals surface area contributed by atoms with Gasteiger partial charge in [0, 0.05) is 25.6 Å². The summed E-state index contributed by atoms with van der Waals surface area (Å²) in [5.41, 5.74) is 1.18. The Labute approximate surface area is 121 Å². The number of amides is 1. The molecule has 0 radical (unpaired) electrons. The van der Waals surface area contributed by atoms with Crippen LogP contribution in [-0.4, -0.2) is 44.1 Å². The molecule has 1 aromatic carbocycles. The van der Waals surface area contributed by atoms with Gasteiger partial charge in [-0.05, 0) is 44.0 Å². The van der Waals surface area contributed by atoms with Crippen molar-refractivity contribution < 1.29 is 9.53 Å². The Kier molecular flexibility index (Phi) is 5.41. The van der Waals surface area contributed by atoms with Crippen LogP contribution in [0.25, 0.3) is 0 Å². The minimum absolute atomic E-state index is 0.276. The number of methoxy groups -OCH3 is 1. The van der Waals surface area contributed by atoms with Gasteiger partial charge in [-0.25, -0.2) is 0 Å². The molecule has 0 spiro atoms. The standard InChI is InChI=1S/C16H24N2O2/c1-17-12-14-4-3-11-18(14)16(19)10-7-13-5-8-15(20-2)9-6-13/h5-6,8-9,14,17H,3-4,7,10-12H2,1-2H3. The van der Waals surface area contributed by atoms with Crippen LogP contribution in [0.3, 0.4) is 0 Å². The molecule has 0 aromatic heterocycles. The monoisotopic (exact) mass is 276 g/mol. The van der Waals surface area contributed by atoms with Crippen LogP contribution in [0, 0.1) is 0 Å². The van der Waals surface area contributed by atoms with Gasteiger partial charge in [0.25, 0.3) is 0 Å². The zero-order chi connectivity index (χ0) is 14.4. The molecule has 1 aliphatic rings. The van der Waals surface area contributed by atoms with Crippen LogP contribution >= 0.6 is 0 Å². The van der Waals surface area contributed by atoms with E-state index in [1.807, 2.05) is 36.2 Å². The van der Waals surface area contributed by atoms with Gasteiger partial charge in [-0.1, -0.05) is 12.1 Å². The molecule has 1 unspecified atom stereocenters. The lowest BCUT2D eigenvalue weighted by atomic mass is 10.1. The average molecular weight is 276 g/mol. The quantitative estimate of drug-likeness (QED) is 0.862. The molecular weight excluding hydrogens is 252 g/mol. The maximum absolute atomic E-state index is 12.3. The number of ether oxygens (including phenoxy) is 1. The third-order valence-electron chi connectivity index (χ3n) is 3.92. The molecule has 4 nitrogen and oxygen atoms in total. The number of benzene rings is 1. The second-order valence-electron chi connectivity index (χ2n) is 5.29. The summed E-state index contributed by atoms with van der Waals surface area (Å²) in [6, 6.07) is 8.32. The summed E-state index contributed by atoms with van der Waals surface area (Å²) < 4.78 is 5.13. The van der Waals surface area contributed by atoms with E-state index in [0.29, 0.717) is 12.5 Å². The van der Waals surface area contributed by atoms with Gasteiger partial charge in [-0.3, -0.25) is 4.79 Å². The molecular formula is C16H24N2O2. The maximum atomic E-state index is 12.3. The Morgan fingerprint density at radius 3 is 2.80 bits per heavy atom. The van der Waals surface area contributed by atoms with Crippen LogP contribution in [0.2, 0.25) is 0 Å². The van der Waals surface area contributed by atoms with E-state index in [0.717, 1.165) is 38.1 Å².